The lowest BCUT2D eigenvalue weighted by Gasteiger charge is -2.31. The number of carbonyl (C=O) groups is 2. The third-order valence-electron chi connectivity index (χ3n) is 9.80. The molecular weight excluding hydrogens is 644 g/mol. The van der Waals surface area contributed by atoms with Crippen LogP contribution in [0.25, 0.3) is 44.6 Å². The minimum absolute atomic E-state index is 0.0303. The average molecular weight is 693 g/mol. The quantitative estimate of drug-likeness (QED) is 0.191. The number of aromatic nitrogens is 6. The fourth-order valence-corrected chi connectivity index (χ4v) is 7.21. The molecular formula is C39H48N8O4. The molecule has 12 heteroatoms. The molecule has 2 amide bonds. The summed E-state index contributed by atoms with van der Waals surface area (Å²) < 4.78 is 11.5. The number of amides is 2. The maximum absolute atomic E-state index is 13.2. The van der Waals surface area contributed by atoms with Gasteiger partial charge in [0.2, 0.25) is 0 Å². The molecule has 0 spiro atoms. The summed E-state index contributed by atoms with van der Waals surface area (Å²) in [5.74, 6) is 2.14. The van der Waals surface area contributed by atoms with E-state index < -0.39 is 11.2 Å². The van der Waals surface area contributed by atoms with Gasteiger partial charge in [-0.1, -0.05) is 26.0 Å². The van der Waals surface area contributed by atoms with Gasteiger partial charge in [-0.25, -0.2) is 24.5 Å². The zero-order valence-electron chi connectivity index (χ0n) is 30.9. The minimum Gasteiger partial charge on any atom is -0.444 e. The van der Waals surface area contributed by atoms with Gasteiger partial charge in [0.05, 0.1) is 51.7 Å². The third-order valence-corrected chi connectivity index (χ3v) is 9.80. The Kier molecular flexibility index (Phi) is 8.54. The molecule has 12 nitrogen and oxygen atoms in total. The summed E-state index contributed by atoms with van der Waals surface area (Å²) in [6, 6.07) is 11.6. The lowest BCUT2D eigenvalue weighted by atomic mass is 10.0. The molecule has 2 aliphatic heterocycles. The molecule has 0 bridgehead atoms. The van der Waals surface area contributed by atoms with Crippen LogP contribution >= 0.6 is 0 Å². The molecule has 5 heterocycles. The summed E-state index contributed by atoms with van der Waals surface area (Å²) in [6.45, 7) is 18.3. The smallest absolute Gasteiger partial charge is 0.411 e. The van der Waals surface area contributed by atoms with Crippen molar-refractivity contribution in [1.82, 2.24) is 39.7 Å². The molecule has 3 aromatic heterocycles. The van der Waals surface area contributed by atoms with E-state index in [0.29, 0.717) is 18.4 Å². The van der Waals surface area contributed by atoms with Gasteiger partial charge >= 0.3 is 12.2 Å². The van der Waals surface area contributed by atoms with Gasteiger partial charge in [-0.2, -0.15) is 0 Å². The molecule has 2 fully saturated rings. The molecule has 5 atom stereocenters. The van der Waals surface area contributed by atoms with E-state index in [1.807, 2.05) is 89.0 Å². The Morgan fingerprint density at radius 2 is 1.45 bits per heavy atom. The van der Waals surface area contributed by atoms with Crippen LogP contribution in [0.3, 0.4) is 0 Å². The first kappa shape index (κ1) is 34.4. The molecule has 0 saturated carbocycles. The Hall–Kier alpha value is -5.00. The van der Waals surface area contributed by atoms with Crippen molar-refractivity contribution < 1.29 is 19.1 Å². The standard InChI is InChI=1S/C39H48N8O4/c1-21-14-32(46(20-21)36(48)50-38(4,5)6)34-41-19-31(45-34)24-10-12-26-28(16-24)40-18-30(42-26)25-11-13-27-29(17-25)44-35(43-27)33-15-22(2)23(3)47(33)37(49)51-39(7,8)9/h10-13,16-19,21-23,32-33H,14-15,20H2,1-9H3,(H,41,45)(H,43,44)/t21-,22-,23-,32+,33+/m1/s1. The van der Waals surface area contributed by atoms with Crippen LogP contribution in [0, 0.1) is 11.8 Å². The van der Waals surface area contributed by atoms with Crippen molar-refractivity contribution in [2.45, 2.75) is 104 Å². The number of aromatic amines is 2. The lowest BCUT2D eigenvalue weighted by molar-refractivity contribution is 0.0139. The number of hydrogen-bond donors (Lipinski definition) is 2. The molecule has 7 rings (SSSR count). The summed E-state index contributed by atoms with van der Waals surface area (Å²) in [4.78, 5) is 56.2. The molecule has 2 N–H and O–H groups in total. The van der Waals surface area contributed by atoms with Gasteiger partial charge in [-0.3, -0.25) is 14.8 Å². The van der Waals surface area contributed by atoms with E-state index in [2.05, 4.69) is 30.7 Å². The van der Waals surface area contributed by atoms with Gasteiger partial charge in [-0.05, 0) is 97.4 Å². The maximum atomic E-state index is 13.2. The monoisotopic (exact) mass is 692 g/mol. The number of imidazole rings is 2. The van der Waals surface area contributed by atoms with Crippen LogP contribution in [-0.4, -0.2) is 75.7 Å². The van der Waals surface area contributed by atoms with Crippen LogP contribution in [0.2, 0.25) is 0 Å². The van der Waals surface area contributed by atoms with E-state index in [1.165, 1.54) is 0 Å². The molecule has 2 aliphatic rings. The number of nitrogens with zero attached hydrogens (tertiary/aromatic N) is 6. The second-order valence-electron chi connectivity index (χ2n) is 16.3. The fourth-order valence-electron chi connectivity index (χ4n) is 7.21. The third kappa shape index (κ3) is 7.00. The van der Waals surface area contributed by atoms with E-state index in [4.69, 9.17) is 29.4 Å². The highest BCUT2D eigenvalue weighted by Gasteiger charge is 2.43. The number of ether oxygens (including phenoxy) is 2. The summed E-state index contributed by atoms with van der Waals surface area (Å²) in [5, 5.41) is 0. The fraction of sp³-hybridized carbons (Fsp3) is 0.487. The van der Waals surface area contributed by atoms with Crippen LogP contribution in [0.1, 0.15) is 98.9 Å². The molecule has 2 aromatic carbocycles. The number of carbonyl (C=O) groups excluding carboxylic acids is 2. The zero-order valence-corrected chi connectivity index (χ0v) is 30.9. The Morgan fingerprint density at radius 3 is 2.18 bits per heavy atom. The number of H-pyrrole nitrogens is 2. The molecule has 2 saturated heterocycles. The van der Waals surface area contributed by atoms with E-state index in [-0.39, 0.29) is 30.3 Å². The highest BCUT2D eigenvalue weighted by atomic mass is 16.6. The van der Waals surface area contributed by atoms with E-state index in [0.717, 1.165) is 69.1 Å². The SMILES string of the molecule is C[C@@H]1C[C@@H](c2nc(-c3ccc4nc(-c5ccc6nc([C@@H]7C[C@@H](C)[C@@H](C)N7C(=O)OC(C)(C)C)[nH]c6c5)cnc4c3)c[nH]2)N(C(=O)OC(C)(C)C)C1. The number of likely N-dealkylation sites (tertiary alicyclic amines) is 2. The molecule has 0 radical (unpaired) electrons. The van der Waals surface area contributed by atoms with Gasteiger partial charge in [0.25, 0.3) is 0 Å². The van der Waals surface area contributed by atoms with Crippen LogP contribution in [0.5, 0.6) is 0 Å². The molecule has 268 valence electrons. The van der Waals surface area contributed by atoms with Crippen LogP contribution in [0.4, 0.5) is 9.59 Å². The summed E-state index contributed by atoms with van der Waals surface area (Å²) in [6.07, 6.45) is 4.64. The normalized spacial score (nSPS) is 22.6. The first-order chi connectivity index (χ1) is 24.0. The minimum atomic E-state index is -0.581. The van der Waals surface area contributed by atoms with Crippen LogP contribution in [0.15, 0.2) is 48.8 Å². The molecule has 51 heavy (non-hydrogen) atoms. The molecule has 0 unspecified atom stereocenters. The van der Waals surface area contributed by atoms with Gasteiger partial charge < -0.3 is 19.4 Å². The number of fused-ring (bicyclic) bond motifs is 2. The highest BCUT2D eigenvalue weighted by Crippen LogP contribution is 2.41. The van der Waals surface area contributed by atoms with Crippen molar-refractivity contribution in [1.29, 1.82) is 0 Å². The zero-order chi connectivity index (χ0) is 36.4. The predicted molar refractivity (Wildman–Crippen MR) is 196 cm³/mol. The second-order valence-corrected chi connectivity index (χ2v) is 16.3. The van der Waals surface area contributed by atoms with Crippen LogP contribution in [-0.2, 0) is 9.47 Å². The average Bonchev–Trinajstić information content (AvgIpc) is 3.84. The highest BCUT2D eigenvalue weighted by molar-refractivity contribution is 5.85. The maximum Gasteiger partial charge on any atom is 0.411 e. The van der Waals surface area contributed by atoms with Crippen molar-refractivity contribution in [3.8, 4) is 22.5 Å². The number of hydrogen-bond acceptors (Lipinski definition) is 8. The largest absolute Gasteiger partial charge is 0.444 e. The first-order valence-corrected chi connectivity index (χ1v) is 17.9. The van der Waals surface area contributed by atoms with Crippen molar-refractivity contribution >= 4 is 34.3 Å². The van der Waals surface area contributed by atoms with Crippen molar-refractivity contribution in [3.05, 3.63) is 60.4 Å². The predicted octanol–water partition coefficient (Wildman–Crippen LogP) is 8.59. The van der Waals surface area contributed by atoms with Crippen LogP contribution < -0.4 is 0 Å². The van der Waals surface area contributed by atoms with E-state index >= 15 is 0 Å². The Morgan fingerprint density at radius 1 is 0.765 bits per heavy atom. The summed E-state index contributed by atoms with van der Waals surface area (Å²) >= 11 is 0. The van der Waals surface area contributed by atoms with E-state index in [1.54, 1.807) is 11.1 Å². The van der Waals surface area contributed by atoms with Gasteiger partial charge in [0.15, 0.2) is 0 Å². The lowest BCUT2D eigenvalue weighted by Crippen LogP contribution is -2.41. The topological polar surface area (TPSA) is 142 Å². The number of nitrogens with one attached hydrogen (secondary N) is 2. The Bertz CT molecular complexity index is 2110. The van der Waals surface area contributed by atoms with Crippen molar-refractivity contribution in [3.63, 3.8) is 0 Å². The number of benzene rings is 2. The van der Waals surface area contributed by atoms with Gasteiger partial charge in [0, 0.05) is 29.9 Å². The number of rotatable bonds is 4. The second kappa shape index (κ2) is 12.6. The molecule has 5 aromatic rings. The Labute approximate surface area is 298 Å². The van der Waals surface area contributed by atoms with E-state index in [9.17, 15) is 9.59 Å². The summed E-state index contributed by atoms with van der Waals surface area (Å²) in [5.41, 5.74) is 5.39. The summed E-state index contributed by atoms with van der Waals surface area (Å²) in [7, 11) is 0. The van der Waals surface area contributed by atoms with Crippen molar-refractivity contribution in [2.75, 3.05) is 6.54 Å². The van der Waals surface area contributed by atoms with Gasteiger partial charge in [-0.15, -0.1) is 0 Å². The van der Waals surface area contributed by atoms with Gasteiger partial charge in [0.1, 0.15) is 22.9 Å². The van der Waals surface area contributed by atoms with Crippen molar-refractivity contribution in [2.24, 2.45) is 11.8 Å². The first-order valence-electron chi connectivity index (χ1n) is 17.9. The Balaban J connectivity index is 1.11. The molecule has 0 aliphatic carbocycles.